The van der Waals surface area contributed by atoms with Crippen molar-refractivity contribution in [2.75, 3.05) is 26.2 Å². The number of nitro groups is 1. The third-order valence-corrected chi connectivity index (χ3v) is 5.74. The van der Waals surface area contributed by atoms with Crippen LogP contribution in [0.2, 0.25) is 0 Å². The first-order chi connectivity index (χ1) is 14.0. The van der Waals surface area contributed by atoms with Gasteiger partial charge in [0.2, 0.25) is 11.7 Å². The van der Waals surface area contributed by atoms with E-state index in [-0.39, 0.29) is 11.6 Å². The second kappa shape index (κ2) is 8.10. The first kappa shape index (κ1) is 19.2. The molecule has 1 amide bonds. The van der Waals surface area contributed by atoms with Crippen LogP contribution in [-0.2, 0) is 6.54 Å². The summed E-state index contributed by atoms with van der Waals surface area (Å²) in [5.41, 5.74) is 0.520. The molecule has 0 aliphatic carbocycles. The number of carbonyl (C=O) groups is 1. The van der Waals surface area contributed by atoms with E-state index in [4.69, 9.17) is 4.52 Å². The van der Waals surface area contributed by atoms with E-state index in [1.807, 2.05) is 24.0 Å². The summed E-state index contributed by atoms with van der Waals surface area (Å²) in [5, 5.41) is 14.9. The number of amides is 1. The zero-order chi connectivity index (χ0) is 20.4. The number of nitro benzene ring substituents is 1. The van der Waals surface area contributed by atoms with Gasteiger partial charge in [-0.05, 0) is 19.1 Å². The number of piperazine rings is 1. The SMILES string of the molecule is Cc1ccc(C(=O)N2CCN(Cc3nc(-c4cccc([N+](=O)[O-])c4)no3)CC2)s1. The van der Waals surface area contributed by atoms with Gasteiger partial charge in [0.1, 0.15) is 0 Å². The van der Waals surface area contributed by atoms with Crippen molar-refractivity contribution in [3.63, 3.8) is 0 Å². The molecule has 4 rings (SSSR count). The molecule has 3 aromatic rings. The molecule has 0 unspecified atom stereocenters. The highest BCUT2D eigenvalue weighted by Crippen LogP contribution is 2.22. The van der Waals surface area contributed by atoms with Gasteiger partial charge < -0.3 is 9.42 Å². The molecular weight excluding hydrogens is 394 g/mol. The summed E-state index contributed by atoms with van der Waals surface area (Å²) in [6.45, 7) is 5.17. The highest BCUT2D eigenvalue weighted by molar-refractivity contribution is 7.13. The Labute approximate surface area is 170 Å². The molecule has 10 heteroatoms. The van der Waals surface area contributed by atoms with E-state index in [9.17, 15) is 14.9 Å². The Morgan fingerprint density at radius 1 is 1.24 bits per heavy atom. The average molecular weight is 413 g/mol. The van der Waals surface area contributed by atoms with E-state index in [0.717, 1.165) is 9.75 Å². The van der Waals surface area contributed by atoms with Gasteiger partial charge in [-0.3, -0.25) is 19.8 Å². The number of hydrogen-bond acceptors (Lipinski definition) is 8. The summed E-state index contributed by atoms with van der Waals surface area (Å²) in [6, 6.07) is 9.98. The molecular formula is C19H19N5O4S. The van der Waals surface area contributed by atoms with E-state index in [1.165, 1.54) is 23.5 Å². The quantitative estimate of drug-likeness (QED) is 0.468. The van der Waals surface area contributed by atoms with Gasteiger partial charge in [-0.25, -0.2) is 0 Å². The lowest BCUT2D eigenvalue weighted by Crippen LogP contribution is -2.48. The molecule has 1 saturated heterocycles. The number of aryl methyl sites for hydroxylation is 1. The van der Waals surface area contributed by atoms with E-state index in [0.29, 0.717) is 50.0 Å². The molecule has 1 aliphatic heterocycles. The number of nitrogens with zero attached hydrogens (tertiary/aromatic N) is 5. The number of carbonyl (C=O) groups excluding carboxylic acids is 1. The Morgan fingerprint density at radius 2 is 2.03 bits per heavy atom. The predicted octanol–water partition coefficient (Wildman–Crippen LogP) is 2.97. The van der Waals surface area contributed by atoms with E-state index < -0.39 is 4.92 Å². The van der Waals surface area contributed by atoms with Gasteiger partial charge in [-0.15, -0.1) is 11.3 Å². The van der Waals surface area contributed by atoms with Crippen LogP contribution >= 0.6 is 11.3 Å². The fourth-order valence-electron chi connectivity index (χ4n) is 3.20. The molecule has 150 valence electrons. The van der Waals surface area contributed by atoms with Gasteiger partial charge in [0.05, 0.1) is 16.3 Å². The Bertz CT molecular complexity index is 1040. The second-order valence-corrected chi connectivity index (χ2v) is 8.09. The van der Waals surface area contributed by atoms with Crippen LogP contribution in [0, 0.1) is 17.0 Å². The molecule has 0 atom stereocenters. The molecule has 3 heterocycles. The van der Waals surface area contributed by atoms with Crippen molar-refractivity contribution in [2.24, 2.45) is 0 Å². The van der Waals surface area contributed by atoms with Gasteiger partial charge in [-0.2, -0.15) is 4.98 Å². The molecule has 0 N–H and O–H groups in total. The van der Waals surface area contributed by atoms with Crippen molar-refractivity contribution in [1.29, 1.82) is 0 Å². The largest absolute Gasteiger partial charge is 0.338 e. The molecule has 0 spiro atoms. The number of benzene rings is 1. The zero-order valence-electron chi connectivity index (χ0n) is 15.8. The van der Waals surface area contributed by atoms with Crippen LogP contribution in [0.25, 0.3) is 11.4 Å². The fourth-order valence-corrected chi connectivity index (χ4v) is 4.04. The first-order valence-corrected chi connectivity index (χ1v) is 9.97. The topological polar surface area (TPSA) is 106 Å². The summed E-state index contributed by atoms with van der Waals surface area (Å²) in [6.07, 6.45) is 0. The van der Waals surface area contributed by atoms with E-state index in [2.05, 4.69) is 15.0 Å². The van der Waals surface area contributed by atoms with Crippen molar-refractivity contribution in [3.05, 3.63) is 62.2 Å². The Morgan fingerprint density at radius 3 is 2.72 bits per heavy atom. The molecule has 9 nitrogen and oxygen atoms in total. The maximum Gasteiger partial charge on any atom is 0.270 e. The van der Waals surface area contributed by atoms with Crippen LogP contribution in [0.4, 0.5) is 5.69 Å². The van der Waals surface area contributed by atoms with Crippen molar-refractivity contribution >= 4 is 22.9 Å². The van der Waals surface area contributed by atoms with Crippen molar-refractivity contribution in [1.82, 2.24) is 19.9 Å². The van der Waals surface area contributed by atoms with Crippen LogP contribution in [0.5, 0.6) is 0 Å². The van der Waals surface area contributed by atoms with Gasteiger partial charge in [0.15, 0.2) is 0 Å². The smallest absolute Gasteiger partial charge is 0.270 e. The molecule has 0 bridgehead atoms. The lowest BCUT2D eigenvalue weighted by Gasteiger charge is -2.33. The Kier molecular flexibility index (Phi) is 5.36. The fraction of sp³-hybridized carbons (Fsp3) is 0.316. The van der Waals surface area contributed by atoms with Gasteiger partial charge in [0.25, 0.3) is 11.6 Å². The highest BCUT2D eigenvalue weighted by atomic mass is 32.1. The minimum Gasteiger partial charge on any atom is -0.338 e. The van der Waals surface area contributed by atoms with Crippen LogP contribution in [-0.4, -0.2) is 56.9 Å². The number of thiophene rings is 1. The number of non-ortho nitro benzene ring substituents is 1. The van der Waals surface area contributed by atoms with E-state index in [1.54, 1.807) is 12.1 Å². The normalized spacial score (nSPS) is 14.9. The average Bonchev–Trinajstić information content (AvgIpc) is 3.37. The lowest BCUT2D eigenvalue weighted by molar-refractivity contribution is -0.384. The van der Waals surface area contributed by atoms with Crippen molar-refractivity contribution in [2.45, 2.75) is 13.5 Å². The van der Waals surface area contributed by atoms with Crippen LogP contribution in [0.3, 0.4) is 0 Å². The molecule has 2 aromatic heterocycles. The minimum absolute atomic E-state index is 0.0180. The van der Waals surface area contributed by atoms with Crippen molar-refractivity contribution in [3.8, 4) is 11.4 Å². The summed E-state index contributed by atoms with van der Waals surface area (Å²) >= 11 is 1.52. The summed E-state index contributed by atoms with van der Waals surface area (Å²) in [4.78, 5) is 33.3. The highest BCUT2D eigenvalue weighted by Gasteiger charge is 2.24. The third-order valence-electron chi connectivity index (χ3n) is 4.75. The molecule has 0 radical (unpaired) electrons. The molecule has 1 aliphatic rings. The summed E-state index contributed by atoms with van der Waals surface area (Å²) < 4.78 is 5.32. The second-order valence-electron chi connectivity index (χ2n) is 6.80. The summed E-state index contributed by atoms with van der Waals surface area (Å²) in [7, 11) is 0. The molecule has 1 fully saturated rings. The number of rotatable bonds is 5. The first-order valence-electron chi connectivity index (χ1n) is 9.15. The number of hydrogen-bond donors (Lipinski definition) is 0. The maximum atomic E-state index is 12.5. The minimum atomic E-state index is -0.456. The lowest BCUT2D eigenvalue weighted by atomic mass is 10.2. The van der Waals surface area contributed by atoms with Gasteiger partial charge >= 0.3 is 0 Å². The third kappa shape index (κ3) is 4.33. The number of aromatic nitrogens is 2. The molecule has 0 saturated carbocycles. The Hall–Kier alpha value is -3.11. The zero-order valence-corrected chi connectivity index (χ0v) is 16.6. The van der Waals surface area contributed by atoms with Crippen LogP contribution in [0.1, 0.15) is 20.4 Å². The van der Waals surface area contributed by atoms with Gasteiger partial charge in [-0.1, -0.05) is 17.3 Å². The van der Waals surface area contributed by atoms with Gasteiger partial charge in [0, 0.05) is 48.8 Å². The Balaban J connectivity index is 1.35. The molecule has 1 aromatic carbocycles. The monoisotopic (exact) mass is 413 g/mol. The van der Waals surface area contributed by atoms with E-state index >= 15 is 0 Å². The van der Waals surface area contributed by atoms with Crippen molar-refractivity contribution < 1.29 is 14.2 Å². The summed E-state index contributed by atoms with van der Waals surface area (Å²) in [5.74, 6) is 0.847. The van der Waals surface area contributed by atoms with Crippen LogP contribution < -0.4 is 0 Å². The standard InChI is InChI=1S/C19H19N5O4S/c1-13-5-6-16(29-13)19(25)23-9-7-22(8-10-23)12-17-20-18(21-28-17)14-3-2-4-15(11-14)24(26)27/h2-6,11H,7-10,12H2,1H3. The maximum absolute atomic E-state index is 12.5. The molecule has 29 heavy (non-hydrogen) atoms. The van der Waals surface area contributed by atoms with Crippen LogP contribution in [0.15, 0.2) is 40.9 Å². The predicted molar refractivity (Wildman–Crippen MR) is 107 cm³/mol.